The zero-order valence-corrected chi connectivity index (χ0v) is 9.73. The van der Waals surface area contributed by atoms with Crippen LogP contribution >= 0.6 is 11.9 Å². The average molecular weight is 211 g/mol. The summed E-state index contributed by atoms with van der Waals surface area (Å²) in [4.78, 5) is 1.21. The molecule has 1 aromatic carbocycles. The van der Waals surface area contributed by atoms with Crippen molar-refractivity contribution in [3.8, 4) is 5.75 Å². The molecule has 0 bridgehead atoms. The second-order valence-electron chi connectivity index (χ2n) is 3.52. The van der Waals surface area contributed by atoms with E-state index in [1.807, 2.05) is 12.1 Å². The topological polar surface area (TPSA) is 21.3 Å². The minimum atomic E-state index is 0.681. The molecule has 0 aliphatic carbocycles. The SMILES string of the molecule is COc1ccc(SNCC(C)C)cc1. The number of rotatable bonds is 5. The Kier molecular flexibility index (Phi) is 4.84. The zero-order valence-electron chi connectivity index (χ0n) is 8.91. The molecule has 0 spiro atoms. The van der Waals surface area contributed by atoms with Crippen molar-refractivity contribution in [3.05, 3.63) is 24.3 Å². The van der Waals surface area contributed by atoms with Gasteiger partial charge in [-0.2, -0.15) is 0 Å². The lowest BCUT2D eigenvalue weighted by molar-refractivity contribution is 0.414. The highest BCUT2D eigenvalue weighted by molar-refractivity contribution is 7.97. The first-order valence-electron chi connectivity index (χ1n) is 4.76. The first-order chi connectivity index (χ1) is 6.72. The summed E-state index contributed by atoms with van der Waals surface area (Å²) in [5, 5.41) is 0. The number of hydrogen-bond acceptors (Lipinski definition) is 3. The van der Waals surface area contributed by atoms with E-state index in [-0.39, 0.29) is 0 Å². The molecule has 0 unspecified atom stereocenters. The van der Waals surface area contributed by atoms with Gasteiger partial charge >= 0.3 is 0 Å². The van der Waals surface area contributed by atoms with Gasteiger partial charge in [0, 0.05) is 11.4 Å². The monoisotopic (exact) mass is 211 g/mol. The lowest BCUT2D eigenvalue weighted by Gasteiger charge is -2.06. The molecule has 2 nitrogen and oxygen atoms in total. The molecule has 14 heavy (non-hydrogen) atoms. The molecule has 1 rings (SSSR count). The van der Waals surface area contributed by atoms with Gasteiger partial charge in [0.1, 0.15) is 5.75 Å². The Balaban J connectivity index is 2.36. The highest BCUT2D eigenvalue weighted by Gasteiger charge is 1.96. The fraction of sp³-hybridized carbons (Fsp3) is 0.455. The molecule has 0 aliphatic heterocycles. The maximum atomic E-state index is 5.08. The molecule has 0 aliphatic rings. The second-order valence-corrected chi connectivity index (χ2v) is 4.48. The van der Waals surface area contributed by atoms with E-state index in [4.69, 9.17) is 4.74 Å². The van der Waals surface area contributed by atoms with Gasteiger partial charge in [0.15, 0.2) is 0 Å². The molecule has 78 valence electrons. The Morgan fingerprint density at radius 3 is 2.43 bits per heavy atom. The van der Waals surface area contributed by atoms with E-state index in [0.29, 0.717) is 5.92 Å². The number of hydrogen-bond donors (Lipinski definition) is 1. The molecule has 0 saturated heterocycles. The third-order valence-electron chi connectivity index (χ3n) is 1.74. The van der Waals surface area contributed by atoms with E-state index < -0.39 is 0 Å². The molecular weight excluding hydrogens is 194 g/mol. The molecule has 1 N–H and O–H groups in total. The quantitative estimate of drug-likeness (QED) is 0.757. The van der Waals surface area contributed by atoms with Gasteiger partial charge in [-0.15, -0.1) is 0 Å². The number of nitrogens with one attached hydrogen (secondary N) is 1. The summed E-state index contributed by atoms with van der Waals surface area (Å²) in [6.45, 7) is 5.42. The van der Waals surface area contributed by atoms with Crippen LogP contribution in [0.4, 0.5) is 0 Å². The van der Waals surface area contributed by atoms with Crippen LogP contribution in [-0.2, 0) is 0 Å². The molecule has 0 heterocycles. The van der Waals surface area contributed by atoms with Crippen LogP contribution in [0.25, 0.3) is 0 Å². The summed E-state index contributed by atoms with van der Waals surface area (Å²) in [6, 6.07) is 8.05. The molecule has 1 aromatic rings. The Bertz CT molecular complexity index is 258. The van der Waals surface area contributed by atoms with Crippen LogP contribution < -0.4 is 9.46 Å². The average Bonchev–Trinajstić information content (AvgIpc) is 2.18. The van der Waals surface area contributed by atoms with Crippen LogP contribution in [0.2, 0.25) is 0 Å². The first kappa shape index (κ1) is 11.4. The summed E-state index contributed by atoms with van der Waals surface area (Å²) in [7, 11) is 1.68. The lowest BCUT2D eigenvalue weighted by Crippen LogP contribution is -2.11. The fourth-order valence-corrected chi connectivity index (χ4v) is 1.79. The molecule has 0 atom stereocenters. The smallest absolute Gasteiger partial charge is 0.118 e. The number of ether oxygens (including phenoxy) is 1. The van der Waals surface area contributed by atoms with Crippen LogP contribution in [-0.4, -0.2) is 13.7 Å². The Hall–Kier alpha value is -0.670. The van der Waals surface area contributed by atoms with Crippen LogP contribution in [0.15, 0.2) is 29.2 Å². The number of benzene rings is 1. The van der Waals surface area contributed by atoms with E-state index in [1.54, 1.807) is 19.1 Å². The highest BCUT2D eigenvalue weighted by atomic mass is 32.2. The normalized spacial score (nSPS) is 10.6. The Morgan fingerprint density at radius 1 is 1.29 bits per heavy atom. The van der Waals surface area contributed by atoms with Crippen LogP contribution in [0.3, 0.4) is 0 Å². The van der Waals surface area contributed by atoms with E-state index >= 15 is 0 Å². The van der Waals surface area contributed by atoms with Crippen molar-refractivity contribution in [1.29, 1.82) is 0 Å². The van der Waals surface area contributed by atoms with Crippen molar-refractivity contribution >= 4 is 11.9 Å². The predicted molar refractivity (Wildman–Crippen MR) is 61.7 cm³/mol. The molecule has 0 aromatic heterocycles. The zero-order chi connectivity index (χ0) is 10.4. The van der Waals surface area contributed by atoms with E-state index in [1.165, 1.54) is 4.90 Å². The van der Waals surface area contributed by atoms with Gasteiger partial charge in [-0.25, -0.2) is 0 Å². The standard InChI is InChI=1S/C11H17NOS/c1-9(2)8-12-14-11-6-4-10(13-3)5-7-11/h4-7,9,12H,8H2,1-3H3. The second kappa shape index (κ2) is 5.94. The summed E-state index contributed by atoms with van der Waals surface area (Å²) >= 11 is 1.66. The van der Waals surface area contributed by atoms with Crippen molar-refractivity contribution < 1.29 is 4.74 Å². The molecule has 0 amide bonds. The van der Waals surface area contributed by atoms with E-state index in [0.717, 1.165) is 12.3 Å². The van der Waals surface area contributed by atoms with Gasteiger partial charge in [-0.3, -0.25) is 4.72 Å². The molecule has 0 saturated carbocycles. The van der Waals surface area contributed by atoms with Crippen LogP contribution in [0.5, 0.6) is 5.75 Å². The van der Waals surface area contributed by atoms with Crippen LogP contribution in [0, 0.1) is 5.92 Å². The maximum Gasteiger partial charge on any atom is 0.118 e. The van der Waals surface area contributed by atoms with Crippen molar-refractivity contribution in [2.45, 2.75) is 18.7 Å². The lowest BCUT2D eigenvalue weighted by atomic mass is 10.2. The summed E-state index contributed by atoms with van der Waals surface area (Å²) in [5.74, 6) is 1.58. The summed E-state index contributed by atoms with van der Waals surface area (Å²) in [6.07, 6.45) is 0. The summed E-state index contributed by atoms with van der Waals surface area (Å²) < 4.78 is 8.40. The van der Waals surface area contributed by atoms with Gasteiger partial charge in [0.05, 0.1) is 7.11 Å². The summed E-state index contributed by atoms with van der Waals surface area (Å²) in [5.41, 5.74) is 0. The number of methoxy groups -OCH3 is 1. The Morgan fingerprint density at radius 2 is 1.93 bits per heavy atom. The van der Waals surface area contributed by atoms with Crippen molar-refractivity contribution in [1.82, 2.24) is 4.72 Å². The van der Waals surface area contributed by atoms with Gasteiger partial charge in [0.25, 0.3) is 0 Å². The first-order valence-corrected chi connectivity index (χ1v) is 5.57. The minimum absolute atomic E-state index is 0.681. The third kappa shape index (κ3) is 4.03. The van der Waals surface area contributed by atoms with Crippen molar-refractivity contribution in [3.63, 3.8) is 0 Å². The minimum Gasteiger partial charge on any atom is -0.497 e. The fourth-order valence-electron chi connectivity index (χ4n) is 0.935. The maximum absolute atomic E-state index is 5.08. The molecule has 0 radical (unpaired) electrons. The van der Waals surface area contributed by atoms with Crippen molar-refractivity contribution in [2.24, 2.45) is 5.92 Å². The molecule has 3 heteroatoms. The van der Waals surface area contributed by atoms with E-state index in [9.17, 15) is 0 Å². The van der Waals surface area contributed by atoms with Crippen LogP contribution in [0.1, 0.15) is 13.8 Å². The van der Waals surface area contributed by atoms with Crippen molar-refractivity contribution in [2.75, 3.05) is 13.7 Å². The van der Waals surface area contributed by atoms with Gasteiger partial charge in [0.2, 0.25) is 0 Å². The highest BCUT2D eigenvalue weighted by Crippen LogP contribution is 2.18. The van der Waals surface area contributed by atoms with E-state index in [2.05, 4.69) is 30.7 Å². The third-order valence-corrected chi connectivity index (χ3v) is 2.56. The Labute approximate surface area is 90.2 Å². The van der Waals surface area contributed by atoms with Gasteiger partial charge < -0.3 is 4.74 Å². The van der Waals surface area contributed by atoms with Gasteiger partial charge in [-0.1, -0.05) is 13.8 Å². The molecular formula is C11H17NOS. The predicted octanol–water partition coefficient (Wildman–Crippen LogP) is 2.95. The molecule has 0 fully saturated rings. The van der Waals surface area contributed by atoms with Gasteiger partial charge in [-0.05, 0) is 42.1 Å². The largest absolute Gasteiger partial charge is 0.497 e.